The van der Waals surface area contributed by atoms with Crippen LogP contribution in [0.3, 0.4) is 0 Å². The maximum Gasteiger partial charge on any atom is 0.337 e. The quantitative estimate of drug-likeness (QED) is 0.644. The van der Waals surface area contributed by atoms with Gasteiger partial charge in [-0.25, -0.2) is 10.2 Å². The van der Waals surface area contributed by atoms with Gasteiger partial charge in [0.2, 0.25) is 5.91 Å². The Morgan fingerprint density at radius 3 is 2.69 bits per heavy atom. The molecule has 0 radical (unpaired) electrons. The van der Waals surface area contributed by atoms with Gasteiger partial charge in [0.05, 0.1) is 16.9 Å². The van der Waals surface area contributed by atoms with Gasteiger partial charge in [-0.1, -0.05) is 30.3 Å². The van der Waals surface area contributed by atoms with Gasteiger partial charge in [-0.2, -0.15) is 0 Å². The van der Waals surface area contributed by atoms with Crippen LogP contribution < -0.4 is 25.8 Å². The lowest BCUT2D eigenvalue weighted by molar-refractivity contribution is -0.122. The number of anilines is 2. The molecular weight excluding hydrogens is 370 g/mol. The lowest BCUT2D eigenvalue weighted by atomic mass is 10.2. The molecule has 1 saturated heterocycles. The maximum absolute atomic E-state index is 12.4. The number of para-hydroxylation sites is 3. The van der Waals surface area contributed by atoms with Crippen molar-refractivity contribution in [2.45, 2.75) is 6.42 Å². The van der Waals surface area contributed by atoms with Crippen molar-refractivity contribution in [3.05, 3.63) is 54.5 Å². The molecule has 1 heterocycles. The van der Waals surface area contributed by atoms with Crippen molar-refractivity contribution in [3.63, 3.8) is 0 Å². The molecule has 0 saturated carbocycles. The third kappa shape index (κ3) is 6.11. The van der Waals surface area contributed by atoms with Crippen molar-refractivity contribution in [1.29, 1.82) is 0 Å². The van der Waals surface area contributed by atoms with E-state index >= 15 is 0 Å². The Morgan fingerprint density at radius 2 is 1.90 bits per heavy atom. The number of hydrogen-bond donors (Lipinski definition) is 3. The minimum absolute atomic E-state index is 0.0467. The summed E-state index contributed by atoms with van der Waals surface area (Å²) >= 11 is 0. The average Bonchev–Trinajstić information content (AvgIpc) is 2.86. The van der Waals surface area contributed by atoms with Gasteiger partial charge in [-0.15, -0.1) is 0 Å². The summed E-state index contributed by atoms with van der Waals surface area (Å²) in [6.07, 6.45) is -0.0467. The molecule has 29 heavy (non-hydrogen) atoms. The fourth-order valence-corrected chi connectivity index (χ4v) is 3.03. The second-order valence-corrected chi connectivity index (χ2v) is 6.42. The van der Waals surface area contributed by atoms with Gasteiger partial charge in [0.1, 0.15) is 5.75 Å². The molecule has 8 nitrogen and oxygen atoms in total. The first-order chi connectivity index (χ1) is 16.2. The normalized spacial score (nSPS) is 16.6. The van der Waals surface area contributed by atoms with Gasteiger partial charge in [0.25, 0.3) is 0 Å². The van der Waals surface area contributed by atoms with E-state index < -0.39 is 11.9 Å². The van der Waals surface area contributed by atoms with E-state index in [1.807, 2.05) is 24.3 Å². The molecule has 8 heteroatoms. The minimum Gasteiger partial charge on any atom is -0.495 e. The van der Waals surface area contributed by atoms with E-state index in [-0.39, 0.29) is 41.1 Å². The van der Waals surface area contributed by atoms with Gasteiger partial charge in [0, 0.05) is 44.8 Å². The topological polar surface area (TPSA) is 85.9 Å². The van der Waals surface area contributed by atoms with E-state index in [0.29, 0.717) is 19.6 Å². The Hall–Kier alpha value is -3.26. The number of rotatable bonds is 6. The number of nitrogens with zero attached hydrogens (tertiary/aromatic N) is 2. The Kier molecular flexibility index (Phi) is 5.24. The van der Waals surface area contributed by atoms with Crippen LogP contribution in [-0.4, -0.2) is 56.7 Å². The third-order valence-corrected chi connectivity index (χ3v) is 4.54. The number of nitrogens with one attached hydrogen (secondary N) is 3. The van der Waals surface area contributed by atoms with Crippen LogP contribution >= 0.6 is 0 Å². The second kappa shape index (κ2) is 10.3. The fourth-order valence-electron chi connectivity index (χ4n) is 3.03. The molecule has 0 aliphatic carbocycles. The second-order valence-electron chi connectivity index (χ2n) is 6.42. The number of methoxy groups -OCH3 is 1. The van der Waals surface area contributed by atoms with Gasteiger partial charge in [0.15, 0.2) is 2.82 Å². The van der Waals surface area contributed by atoms with Crippen LogP contribution in [0.1, 0.15) is 10.5 Å². The molecule has 0 spiro atoms. The van der Waals surface area contributed by atoms with Gasteiger partial charge >= 0.3 is 6.03 Å². The summed E-state index contributed by atoms with van der Waals surface area (Å²) < 4.78 is 43.9. The summed E-state index contributed by atoms with van der Waals surface area (Å²) in [4.78, 5) is 28.9. The molecule has 2 aromatic carbocycles. The van der Waals surface area contributed by atoms with Gasteiger partial charge < -0.3 is 15.0 Å². The number of hydrazine groups is 1. The molecular formula is C21H27N5O3. The van der Waals surface area contributed by atoms with Crippen LogP contribution in [-0.2, 0) is 4.79 Å². The summed E-state index contributed by atoms with van der Waals surface area (Å²) in [5.41, 5.74) is 1.14. The van der Waals surface area contributed by atoms with Crippen molar-refractivity contribution < 1.29 is 21.3 Å². The highest BCUT2D eigenvalue weighted by Gasteiger charge is 2.19. The number of benzene rings is 2. The SMILES string of the molecule is [2H]c1ccc(NC(=O)N([2H])N([2H])C(=O)CCN2CCN(c3ccccc3OC)CC2)c([2H])c1[2H]. The highest BCUT2D eigenvalue weighted by atomic mass is 16.5. The summed E-state index contributed by atoms with van der Waals surface area (Å²) in [6, 6.07) is 8.21. The molecule has 0 atom stereocenters. The van der Waals surface area contributed by atoms with E-state index in [0.717, 1.165) is 24.5 Å². The van der Waals surface area contributed by atoms with Crippen molar-refractivity contribution >= 4 is 23.3 Å². The first kappa shape index (κ1) is 14.7. The van der Waals surface area contributed by atoms with Gasteiger partial charge in [-0.3, -0.25) is 15.1 Å². The lowest BCUT2D eigenvalue weighted by Crippen LogP contribution is -2.48. The molecule has 1 aliphatic rings. The molecule has 2 aromatic rings. The maximum atomic E-state index is 12.4. The Bertz CT molecular complexity index is 1040. The van der Waals surface area contributed by atoms with Crippen molar-refractivity contribution in [2.24, 2.45) is 0 Å². The predicted molar refractivity (Wildman–Crippen MR) is 113 cm³/mol. The number of hydrogen-bond acceptors (Lipinski definition) is 5. The standard InChI is InChI=1S/C21H27N5O3/c1-29-19-10-6-5-9-18(19)26-15-13-25(14-16-26)12-11-20(27)23-24-21(28)22-17-7-3-2-4-8-17/h2-10H,11-16H2,1H3,(H,23,27)(H2,22,24,28)/i2D,3D,7D/hD2. The predicted octanol–water partition coefficient (Wildman–Crippen LogP) is 2.06. The number of carbonyl (C=O) groups is 2. The third-order valence-electron chi connectivity index (χ3n) is 4.54. The number of urea groups is 1. The van der Waals surface area contributed by atoms with Crippen molar-refractivity contribution in [2.75, 3.05) is 50.1 Å². The molecule has 3 N–H and O–H groups in total. The summed E-state index contributed by atoms with van der Waals surface area (Å²) in [6.45, 7) is 3.30. The summed E-state index contributed by atoms with van der Waals surface area (Å²) in [5, 5.41) is 2.22. The zero-order valence-corrected chi connectivity index (χ0v) is 16.2. The fraction of sp³-hybridized carbons (Fsp3) is 0.333. The monoisotopic (exact) mass is 402 g/mol. The van der Waals surface area contributed by atoms with E-state index in [1.54, 1.807) is 7.11 Å². The van der Waals surface area contributed by atoms with E-state index in [2.05, 4.69) is 15.1 Å². The van der Waals surface area contributed by atoms with Crippen LogP contribution in [0, 0.1) is 0 Å². The summed E-state index contributed by atoms with van der Waals surface area (Å²) in [5.74, 6) is 0.0722. The van der Waals surface area contributed by atoms with E-state index in [4.69, 9.17) is 11.7 Å². The zero-order chi connectivity index (χ0) is 24.8. The first-order valence-electron chi connectivity index (χ1n) is 11.7. The lowest BCUT2D eigenvalue weighted by Gasteiger charge is -2.36. The van der Waals surface area contributed by atoms with Gasteiger partial charge in [-0.05, 0) is 24.2 Å². The molecule has 1 fully saturated rings. The molecule has 0 aromatic heterocycles. The smallest absolute Gasteiger partial charge is 0.337 e. The van der Waals surface area contributed by atoms with Crippen LogP contribution in [0.2, 0.25) is 2.82 Å². The average molecular weight is 403 g/mol. The van der Waals surface area contributed by atoms with Crippen LogP contribution in [0.15, 0.2) is 54.5 Å². The van der Waals surface area contributed by atoms with Crippen LogP contribution in [0.25, 0.3) is 0 Å². The number of ether oxygens (including phenoxy) is 1. The number of piperazine rings is 1. The van der Waals surface area contributed by atoms with Crippen molar-refractivity contribution in [3.8, 4) is 5.75 Å². The molecule has 154 valence electrons. The Labute approximate surface area is 177 Å². The van der Waals surface area contributed by atoms with E-state index in [1.165, 1.54) is 12.1 Å². The first-order valence-corrected chi connectivity index (χ1v) is 9.31. The van der Waals surface area contributed by atoms with E-state index in [9.17, 15) is 9.59 Å². The molecule has 1 aliphatic heterocycles. The van der Waals surface area contributed by atoms with Crippen molar-refractivity contribution in [1.82, 2.24) is 15.7 Å². The number of amides is 3. The summed E-state index contributed by atoms with van der Waals surface area (Å²) in [7, 11) is 1.63. The number of carbonyl (C=O) groups excluding carboxylic acids is 2. The zero-order valence-electron chi connectivity index (χ0n) is 21.2. The Morgan fingerprint density at radius 1 is 1.10 bits per heavy atom. The Balaban J connectivity index is 1.47. The molecule has 0 bridgehead atoms. The molecule has 0 unspecified atom stereocenters. The molecule has 3 rings (SSSR count). The highest BCUT2D eigenvalue weighted by Crippen LogP contribution is 2.28. The van der Waals surface area contributed by atoms with Crippen LogP contribution in [0.4, 0.5) is 16.2 Å². The minimum atomic E-state index is -1.13. The highest BCUT2D eigenvalue weighted by molar-refractivity contribution is 5.90. The molecule has 3 amide bonds. The largest absolute Gasteiger partial charge is 0.495 e. The van der Waals surface area contributed by atoms with Crippen LogP contribution in [0.5, 0.6) is 5.75 Å².